The van der Waals surface area contributed by atoms with Crippen LogP contribution in [0.3, 0.4) is 0 Å². The Morgan fingerprint density at radius 1 is 1.50 bits per heavy atom. The van der Waals surface area contributed by atoms with E-state index in [2.05, 4.69) is 32.7 Å². The summed E-state index contributed by atoms with van der Waals surface area (Å²) in [5.74, 6) is -0.0295. The predicted octanol–water partition coefficient (Wildman–Crippen LogP) is 2.61. The first kappa shape index (κ1) is 13.5. The monoisotopic (exact) mass is 227 g/mol. The van der Waals surface area contributed by atoms with Crippen molar-refractivity contribution in [1.29, 1.82) is 0 Å². The lowest BCUT2D eigenvalue weighted by atomic mass is 9.70. The van der Waals surface area contributed by atoms with E-state index < -0.39 is 5.97 Å². The number of hydrogen-bond donors (Lipinski definition) is 1. The van der Waals surface area contributed by atoms with Crippen molar-refractivity contribution in [2.45, 2.75) is 52.5 Å². The van der Waals surface area contributed by atoms with Gasteiger partial charge in [-0.25, -0.2) is 0 Å². The third-order valence-electron chi connectivity index (χ3n) is 3.89. The summed E-state index contributed by atoms with van der Waals surface area (Å²) in [5.41, 5.74) is 0.462. The van der Waals surface area contributed by atoms with E-state index in [-0.39, 0.29) is 6.42 Å². The standard InChI is InChI=1S/C13H25NO2/c1-10-9-13(2,3)7-5-11(10)14(4)8-6-12(15)16/h10-11H,5-9H2,1-4H3,(H,15,16). The Morgan fingerprint density at radius 2 is 2.12 bits per heavy atom. The average molecular weight is 227 g/mol. The molecule has 1 fully saturated rings. The molecule has 3 nitrogen and oxygen atoms in total. The molecule has 16 heavy (non-hydrogen) atoms. The summed E-state index contributed by atoms with van der Waals surface area (Å²) in [4.78, 5) is 12.8. The third kappa shape index (κ3) is 3.78. The van der Waals surface area contributed by atoms with Gasteiger partial charge in [0.2, 0.25) is 0 Å². The minimum absolute atomic E-state index is 0.253. The minimum Gasteiger partial charge on any atom is -0.481 e. The maximum Gasteiger partial charge on any atom is 0.304 e. The molecule has 1 aliphatic rings. The second-order valence-electron chi connectivity index (χ2n) is 6.08. The minimum atomic E-state index is -0.698. The second kappa shape index (κ2) is 5.17. The smallest absolute Gasteiger partial charge is 0.304 e. The van der Waals surface area contributed by atoms with E-state index in [4.69, 9.17) is 5.11 Å². The Labute approximate surface area is 98.8 Å². The van der Waals surface area contributed by atoms with Crippen LogP contribution in [0.2, 0.25) is 0 Å². The van der Waals surface area contributed by atoms with Gasteiger partial charge in [-0.1, -0.05) is 20.8 Å². The lowest BCUT2D eigenvalue weighted by Crippen LogP contribution is -2.43. The summed E-state index contributed by atoms with van der Waals surface area (Å²) < 4.78 is 0. The van der Waals surface area contributed by atoms with E-state index in [1.807, 2.05) is 0 Å². The molecule has 0 saturated heterocycles. The fourth-order valence-corrected chi connectivity index (χ4v) is 3.03. The molecule has 94 valence electrons. The predicted molar refractivity (Wildman–Crippen MR) is 65.5 cm³/mol. The molecule has 0 aromatic carbocycles. The molecule has 1 aliphatic carbocycles. The molecule has 0 aliphatic heterocycles. The topological polar surface area (TPSA) is 40.5 Å². The van der Waals surface area contributed by atoms with Gasteiger partial charge in [-0.05, 0) is 37.6 Å². The Kier molecular flexibility index (Phi) is 4.36. The Hall–Kier alpha value is -0.570. The fourth-order valence-electron chi connectivity index (χ4n) is 3.03. The van der Waals surface area contributed by atoms with Crippen molar-refractivity contribution >= 4 is 5.97 Å². The lowest BCUT2D eigenvalue weighted by Gasteiger charge is -2.43. The van der Waals surface area contributed by atoms with E-state index in [0.29, 0.717) is 23.9 Å². The molecule has 0 radical (unpaired) electrons. The van der Waals surface area contributed by atoms with Crippen molar-refractivity contribution in [3.05, 3.63) is 0 Å². The van der Waals surface area contributed by atoms with Gasteiger partial charge in [0.05, 0.1) is 6.42 Å². The van der Waals surface area contributed by atoms with Crippen LogP contribution in [0, 0.1) is 11.3 Å². The van der Waals surface area contributed by atoms with Gasteiger partial charge < -0.3 is 10.0 Å². The summed E-state index contributed by atoms with van der Waals surface area (Å²) in [6, 6.07) is 0.562. The van der Waals surface area contributed by atoms with Crippen molar-refractivity contribution in [1.82, 2.24) is 4.90 Å². The van der Waals surface area contributed by atoms with E-state index in [1.165, 1.54) is 19.3 Å². The van der Waals surface area contributed by atoms with Crippen molar-refractivity contribution in [3.63, 3.8) is 0 Å². The van der Waals surface area contributed by atoms with E-state index in [0.717, 1.165) is 0 Å². The fraction of sp³-hybridized carbons (Fsp3) is 0.923. The van der Waals surface area contributed by atoms with Crippen LogP contribution in [-0.4, -0.2) is 35.6 Å². The molecule has 1 N–H and O–H groups in total. The highest BCUT2D eigenvalue weighted by Gasteiger charge is 2.34. The average Bonchev–Trinajstić information content (AvgIpc) is 2.12. The zero-order chi connectivity index (χ0) is 12.3. The number of aliphatic carboxylic acids is 1. The van der Waals surface area contributed by atoms with Gasteiger partial charge in [-0.3, -0.25) is 4.79 Å². The maximum atomic E-state index is 10.5. The van der Waals surface area contributed by atoms with Crippen LogP contribution in [0.15, 0.2) is 0 Å². The number of carboxylic acid groups (broad SMARTS) is 1. The summed E-state index contributed by atoms with van der Waals surface area (Å²) >= 11 is 0. The van der Waals surface area contributed by atoms with Crippen LogP contribution in [0.25, 0.3) is 0 Å². The van der Waals surface area contributed by atoms with Gasteiger partial charge in [0.15, 0.2) is 0 Å². The quantitative estimate of drug-likeness (QED) is 0.802. The molecule has 0 spiro atoms. The molecular weight excluding hydrogens is 202 g/mol. The van der Waals surface area contributed by atoms with Crippen LogP contribution in [0.5, 0.6) is 0 Å². The SMILES string of the molecule is CC1CC(C)(C)CCC1N(C)CCC(=O)O. The molecular formula is C13H25NO2. The number of nitrogens with zero attached hydrogens (tertiary/aromatic N) is 1. The summed E-state index contributed by atoms with van der Waals surface area (Å²) in [6.45, 7) is 7.63. The molecule has 0 heterocycles. The zero-order valence-corrected chi connectivity index (χ0v) is 11.0. The molecule has 0 aromatic heterocycles. The highest BCUT2D eigenvalue weighted by Crippen LogP contribution is 2.40. The molecule has 2 atom stereocenters. The van der Waals surface area contributed by atoms with Crippen LogP contribution < -0.4 is 0 Å². The van der Waals surface area contributed by atoms with Gasteiger partial charge in [0.25, 0.3) is 0 Å². The summed E-state index contributed by atoms with van der Waals surface area (Å²) in [6.07, 6.45) is 3.95. The first-order chi connectivity index (χ1) is 7.32. The Balaban J connectivity index is 2.45. The number of rotatable bonds is 4. The molecule has 2 unspecified atom stereocenters. The largest absolute Gasteiger partial charge is 0.481 e. The first-order valence-corrected chi connectivity index (χ1v) is 6.24. The Morgan fingerprint density at radius 3 is 2.62 bits per heavy atom. The lowest BCUT2D eigenvalue weighted by molar-refractivity contribution is -0.137. The van der Waals surface area contributed by atoms with E-state index >= 15 is 0 Å². The van der Waals surface area contributed by atoms with Crippen LogP contribution in [0.1, 0.15) is 46.5 Å². The van der Waals surface area contributed by atoms with Crippen LogP contribution in [0.4, 0.5) is 0 Å². The Bertz CT molecular complexity index is 250. The maximum absolute atomic E-state index is 10.5. The highest BCUT2D eigenvalue weighted by atomic mass is 16.4. The van der Waals surface area contributed by atoms with Gasteiger partial charge in [0.1, 0.15) is 0 Å². The van der Waals surface area contributed by atoms with Crippen LogP contribution in [-0.2, 0) is 4.79 Å². The van der Waals surface area contributed by atoms with Crippen molar-refractivity contribution in [2.75, 3.05) is 13.6 Å². The van der Waals surface area contributed by atoms with Gasteiger partial charge in [-0.2, -0.15) is 0 Å². The van der Waals surface area contributed by atoms with E-state index in [9.17, 15) is 4.79 Å². The van der Waals surface area contributed by atoms with Crippen molar-refractivity contribution in [3.8, 4) is 0 Å². The van der Waals surface area contributed by atoms with Crippen molar-refractivity contribution < 1.29 is 9.90 Å². The molecule has 3 heteroatoms. The zero-order valence-electron chi connectivity index (χ0n) is 11.0. The number of carboxylic acids is 1. The summed E-state index contributed by atoms with van der Waals surface area (Å²) in [7, 11) is 2.06. The van der Waals surface area contributed by atoms with E-state index in [1.54, 1.807) is 0 Å². The molecule has 1 rings (SSSR count). The van der Waals surface area contributed by atoms with Crippen molar-refractivity contribution in [2.24, 2.45) is 11.3 Å². The van der Waals surface area contributed by atoms with Gasteiger partial charge in [0, 0.05) is 12.6 Å². The number of hydrogen-bond acceptors (Lipinski definition) is 2. The molecule has 0 bridgehead atoms. The highest BCUT2D eigenvalue weighted by molar-refractivity contribution is 5.66. The second-order valence-corrected chi connectivity index (χ2v) is 6.08. The van der Waals surface area contributed by atoms with Crippen LogP contribution >= 0.6 is 0 Å². The molecule has 1 saturated carbocycles. The molecule has 0 aromatic rings. The first-order valence-electron chi connectivity index (χ1n) is 6.24. The van der Waals surface area contributed by atoms with Gasteiger partial charge in [-0.15, -0.1) is 0 Å². The normalized spacial score (nSPS) is 29.3. The molecule has 0 amide bonds. The third-order valence-corrected chi connectivity index (χ3v) is 3.89. The van der Waals surface area contributed by atoms with Gasteiger partial charge >= 0.3 is 5.97 Å². The summed E-state index contributed by atoms with van der Waals surface area (Å²) in [5, 5.41) is 8.68. The number of carbonyl (C=O) groups is 1.